The van der Waals surface area contributed by atoms with E-state index in [0.29, 0.717) is 12.6 Å². The van der Waals surface area contributed by atoms with Crippen molar-refractivity contribution in [2.24, 2.45) is 11.7 Å². The van der Waals surface area contributed by atoms with Crippen LogP contribution in [0.1, 0.15) is 33.1 Å². The molecular weight excluding hydrogens is 202 g/mol. The molecule has 0 radical (unpaired) electrons. The number of carbonyl (C=O) groups is 1. The van der Waals surface area contributed by atoms with Gasteiger partial charge in [-0.3, -0.25) is 9.69 Å². The lowest BCUT2D eigenvalue weighted by molar-refractivity contribution is -0.124. The van der Waals surface area contributed by atoms with Crippen LogP contribution in [0.5, 0.6) is 0 Å². The SMILES string of the molecule is CC(CCN)C(=O)NCC(C)N(C)C1CC1. The van der Waals surface area contributed by atoms with Gasteiger partial charge < -0.3 is 11.1 Å². The van der Waals surface area contributed by atoms with E-state index in [1.165, 1.54) is 12.8 Å². The minimum atomic E-state index is 0.0310. The van der Waals surface area contributed by atoms with E-state index in [0.717, 1.165) is 19.0 Å². The maximum Gasteiger partial charge on any atom is 0.222 e. The van der Waals surface area contributed by atoms with Gasteiger partial charge in [0.25, 0.3) is 0 Å². The third-order valence-corrected chi connectivity index (χ3v) is 3.44. The molecule has 1 amide bonds. The van der Waals surface area contributed by atoms with E-state index < -0.39 is 0 Å². The van der Waals surface area contributed by atoms with Gasteiger partial charge in [-0.2, -0.15) is 0 Å². The number of nitrogens with one attached hydrogen (secondary N) is 1. The summed E-state index contributed by atoms with van der Waals surface area (Å²) in [6, 6.07) is 1.16. The summed E-state index contributed by atoms with van der Waals surface area (Å²) in [4.78, 5) is 14.0. The Morgan fingerprint density at radius 3 is 2.62 bits per heavy atom. The van der Waals surface area contributed by atoms with Crippen LogP contribution in [0.25, 0.3) is 0 Å². The molecule has 94 valence electrons. The molecule has 1 aliphatic rings. The van der Waals surface area contributed by atoms with Crippen LogP contribution in [0.2, 0.25) is 0 Å². The predicted octanol–water partition coefficient (Wildman–Crippen LogP) is 0.570. The van der Waals surface area contributed by atoms with Gasteiger partial charge in [0, 0.05) is 24.5 Å². The molecule has 2 atom stereocenters. The molecule has 4 nitrogen and oxygen atoms in total. The number of hydrogen-bond donors (Lipinski definition) is 2. The summed E-state index contributed by atoms with van der Waals surface area (Å²) < 4.78 is 0. The fourth-order valence-electron chi connectivity index (χ4n) is 1.79. The van der Waals surface area contributed by atoms with Gasteiger partial charge >= 0.3 is 0 Å². The van der Waals surface area contributed by atoms with Gasteiger partial charge in [0.15, 0.2) is 0 Å². The number of likely N-dealkylation sites (N-methyl/N-ethyl adjacent to an activating group) is 1. The highest BCUT2D eigenvalue weighted by molar-refractivity contribution is 5.78. The summed E-state index contributed by atoms with van der Waals surface area (Å²) in [6.07, 6.45) is 3.37. The zero-order chi connectivity index (χ0) is 12.1. The van der Waals surface area contributed by atoms with Crippen LogP contribution in [0.15, 0.2) is 0 Å². The lowest BCUT2D eigenvalue weighted by Gasteiger charge is -2.25. The van der Waals surface area contributed by atoms with E-state index in [1.807, 2.05) is 6.92 Å². The van der Waals surface area contributed by atoms with Crippen molar-refractivity contribution >= 4 is 5.91 Å². The molecule has 0 heterocycles. The Kier molecular flexibility index (Phi) is 5.22. The minimum absolute atomic E-state index is 0.0310. The highest BCUT2D eigenvalue weighted by Gasteiger charge is 2.29. The van der Waals surface area contributed by atoms with Crippen molar-refractivity contribution in [3.8, 4) is 0 Å². The first-order valence-corrected chi connectivity index (χ1v) is 6.26. The second kappa shape index (κ2) is 6.21. The molecule has 0 aromatic heterocycles. The van der Waals surface area contributed by atoms with Crippen LogP contribution in [0, 0.1) is 5.92 Å². The zero-order valence-electron chi connectivity index (χ0n) is 10.7. The summed E-state index contributed by atoms with van der Waals surface area (Å²) in [5, 5.41) is 2.99. The van der Waals surface area contributed by atoms with E-state index in [2.05, 4.69) is 24.2 Å². The molecule has 0 bridgehead atoms. The third kappa shape index (κ3) is 4.10. The first kappa shape index (κ1) is 13.5. The van der Waals surface area contributed by atoms with Gasteiger partial charge in [-0.15, -0.1) is 0 Å². The second-order valence-electron chi connectivity index (χ2n) is 4.97. The van der Waals surface area contributed by atoms with Gasteiger partial charge in [-0.05, 0) is 39.8 Å². The fraction of sp³-hybridized carbons (Fsp3) is 0.917. The minimum Gasteiger partial charge on any atom is -0.354 e. The molecule has 0 aliphatic heterocycles. The van der Waals surface area contributed by atoms with Crippen molar-refractivity contribution in [3.63, 3.8) is 0 Å². The molecule has 1 rings (SSSR count). The number of amides is 1. The van der Waals surface area contributed by atoms with Crippen molar-refractivity contribution < 1.29 is 4.79 Å². The van der Waals surface area contributed by atoms with E-state index >= 15 is 0 Å². The average Bonchev–Trinajstić information content (AvgIpc) is 3.08. The van der Waals surface area contributed by atoms with E-state index in [-0.39, 0.29) is 11.8 Å². The number of carbonyl (C=O) groups excluding carboxylic acids is 1. The summed E-state index contributed by atoms with van der Waals surface area (Å²) in [5.74, 6) is 0.157. The molecule has 16 heavy (non-hydrogen) atoms. The molecule has 1 saturated carbocycles. The van der Waals surface area contributed by atoms with Gasteiger partial charge in [-0.1, -0.05) is 6.92 Å². The van der Waals surface area contributed by atoms with Crippen molar-refractivity contribution in [2.75, 3.05) is 20.1 Å². The standard InChI is InChI=1S/C12H25N3O/c1-9(6-7-13)12(16)14-8-10(2)15(3)11-4-5-11/h9-11H,4-8,13H2,1-3H3,(H,14,16). The van der Waals surface area contributed by atoms with E-state index in [4.69, 9.17) is 5.73 Å². The molecule has 0 saturated heterocycles. The van der Waals surface area contributed by atoms with Crippen LogP contribution in [0.3, 0.4) is 0 Å². The Hall–Kier alpha value is -0.610. The quantitative estimate of drug-likeness (QED) is 0.668. The average molecular weight is 227 g/mol. The van der Waals surface area contributed by atoms with Crippen molar-refractivity contribution in [1.82, 2.24) is 10.2 Å². The van der Waals surface area contributed by atoms with Crippen LogP contribution in [0.4, 0.5) is 0 Å². The molecule has 3 N–H and O–H groups in total. The van der Waals surface area contributed by atoms with Gasteiger partial charge in [0.2, 0.25) is 5.91 Å². The summed E-state index contributed by atoms with van der Waals surface area (Å²) in [5.41, 5.74) is 5.43. The molecule has 1 aliphatic carbocycles. The Labute approximate surface area is 98.6 Å². The molecule has 0 aromatic rings. The predicted molar refractivity (Wildman–Crippen MR) is 66.1 cm³/mol. The van der Waals surface area contributed by atoms with Crippen LogP contribution < -0.4 is 11.1 Å². The largest absolute Gasteiger partial charge is 0.354 e. The lowest BCUT2D eigenvalue weighted by atomic mass is 10.1. The molecule has 1 fully saturated rings. The second-order valence-corrected chi connectivity index (χ2v) is 4.97. The number of rotatable bonds is 7. The third-order valence-electron chi connectivity index (χ3n) is 3.44. The maximum atomic E-state index is 11.7. The lowest BCUT2D eigenvalue weighted by Crippen LogP contribution is -2.42. The summed E-state index contributed by atoms with van der Waals surface area (Å²) >= 11 is 0. The highest BCUT2D eigenvalue weighted by atomic mass is 16.1. The van der Waals surface area contributed by atoms with Crippen LogP contribution >= 0.6 is 0 Å². The maximum absolute atomic E-state index is 11.7. The Morgan fingerprint density at radius 2 is 2.12 bits per heavy atom. The summed E-state index contributed by atoms with van der Waals surface area (Å²) in [6.45, 7) is 5.40. The van der Waals surface area contributed by atoms with E-state index in [9.17, 15) is 4.79 Å². The van der Waals surface area contributed by atoms with Crippen molar-refractivity contribution in [3.05, 3.63) is 0 Å². The van der Waals surface area contributed by atoms with Gasteiger partial charge in [-0.25, -0.2) is 0 Å². The molecular formula is C12H25N3O. The smallest absolute Gasteiger partial charge is 0.222 e. The Bertz CT molecular complexity index is 228. The Morgan fingerprint density at radius 1 is 1.50 bits per heavy atom. The van der Waals surface area contributed by atoms with Crippen molar-refractivity contribution in [1.29, 1.82) is 0 Å². The Balaban J connectivity index is 2.19. The van der Waals surface area contributed by atoms with E-state index in [1.54, 1.807) is 0 Å². The highest BCUT2D eigenvalue weighted by Crippen LogP contribution is 2.26. The monoisotopic (exact) mass is 227 g/mol. The molecule has 2 unspecified atom stereocenters. The molecule has 4 heteroatoms. The van der Waals surface area contributed by atoms with Crippen molar-refractivity contribution in [2.45, 2.75) is 45.2 Å². The topological polar surface area (TPSA) is 58.4 Å². The van der Waals surface area contributed by atoms with Crippen LogP contribution in [-0.4, -0.2) is 43.0 Å². The number of nitrogens with two attached hydrogens (primary N) is 1. The zero-order valence-corrected chi connectivity index (χ0v) is 10.7. The molecule has 0 aromatic carbocycles. The fourth-order valence-corrected chi connectivity index (χ4v) is 1.79. The van der Waals surface area contributed by atoms with Gasteiger partial charge in [0.05, 0.1) is 0 Å². The summed E-state index contributed by atoms with van der Waals surface area (Å²) in [7, 11) is 2.14. The van der Waals surface area contributed by atoms with Gasteiger partial charge in [0.1, 0.15) is 0 Å². The normalized spacial score (nSPS) is 19.6. The number of hydrogen-bond acceptors (Lipinski definition) is 3. The first-order valence-electron chi connectivity index (χ1n) is 6.26. The van der Waals surface area contributed by atoms with Crippen LogP contribution in [-0.2, 0) is 4.79 Å². The molecule has 0 spiro atoms. The first-order chi connectivity index (χ1) is 7.56. The number of nitrogens with zero attached hydrogens (tertiary/aromatic N) is 1.